The molecule has 0 bridgehead atoms. The number of aromatic nitrogens is 1. The molecule has 0 spiro atoms. The minimum absolute atomic E-state index is 1.10. The van der Waals surface area contributed by atoms with E-state index in [4.69, 9.17) is 0 Å². The van der Waals surface area contributed by atoms with Crippen molar-refractivity contribution in [2.24, 2.45) is 0 Å². The predicted octanol–water partition coefficient (Wildman–Crippen LogP) is 5.40. The molecule has 0 fully saturated rings. The Morgan fingerprint density at radius 2 is 1.35 bits per heavy atom. The molecule has 1 heteroatoms. The quantitative estimate of drug-likeness (QED) is 0.622. The largest absolute Gasteiger partial charge is 0.264 e. The van der Waals surface area contributed by atoms with Gasteiger partial charge in [0, 0.05) is 12.4 Å². The van der Waals surface area contributed by atoms with Gasteiger partial charge in [-0.1, -0.05) is 64.1 Å². The number of nitrogens with zero attached hydrogens (tertiary/aromatic N) is 1. The molecule has 1 nitrogen and oxygen atoms in total. The number of pyridine rings is 1. The SMILES string of the molecule is C1=C\c2cnccc2CCc2ccccc2/1.CC.CC. The molecule has 106 valence electrons. The van der Waals surface area contributed by atoms with Crippen molar-refractivity contribution in [3.63, 3.8) is 0 Å². The van der Waals surface area contributed by atoms with Crippen LogP contribution in [0.15, 0.2) is 42.7 Å². The maximum absolute atomic E-state index is 4.18. The molecule has 3 rings (SSSR count). The summed E-state index contributed by atoms with van der Waals surface area (Å²) in [5, 5.41) is 0. The van der Waals surface area contributed by atoms with Gasteiger partial charge in [0.15, 0.2) is 0 Å². The van der Waals surface area contributed by atoms with E-state index in [-0.39, 0.29) is 0 Å². The zero-order valence-corrected chi connectivity index (χ0v) is 13.1. The number of hydrogen-bond donors (Lipinski definition) is 0. The summed E-state index contributed by atoms with van der Waals surface area (Å²) in [6.07, 6.45) is 10.4. The summed E-state index contributed by atoms with van der Waals surface area (Å²) in [5.74, 6) is 0. The van der Waals surface area contributed by atoms with Crippen LogP contribution >= 0.6 is 0 Å². The van der Waals surface area contributed by atoms with Crippen LogP contribution in [0.1, 0.15) is 49.9 Å². The maximum atomic E-state index is 4.18. The lowest BCUT2D eigenvalue weighted by Gasteiger charge is -2.11. The van der Waals surface area contributed by atoms with Crippen LogP contribution in [-0.2, 0) is 12.8 Å². The van der Waals surface area contributed by atoms with Crippen molar-refractivity contribution in [1.82, 2.24) is 4.98 Å². The van der Waals surface area contributed by atoms with Crippen molar-refractivity contribution in [3.8, 4) is 0 Å². The monoisotopic (exact) mass is 267 g/mol. The van der Waals surface area contributed by atoms with Crippen LogP contribution in [0.5, 0.6) is 0 Å². The molecule has 0 saturated heterocycles. The number of fused-ring (bicyclic) bond motifs is 2. The van der Waals surface area contributed by atoms with Crippen LogP contribution in [0.2, 0.25) is 0 Å². The van der Waals surface area contributed by atoms with Gasteiger partial charge in [0.05, 0.1) is 0 Å². The van der Waals surface area contributed by atoms with Gasteiger partial charge in [-0.15, -0.1) is 0 Å². The van der Waals surface area contributed by atoms with Crippen molar-refractivity contribution >= 4 is 12.2 Å². The summed E-state index contributed by atoms with van der Waals surface area (Å²) in [6.45, 7) is 8.00. The third-order valence-corrected chi connectivity index (χ3v) is 3.11. The highest BCUT2D eigenvalue weighted by Gasteiger charge is 2.06. The summed E-state index contributed by atoms with van der Waals surface area (Å²) in [4.78, 5) is 4.18. The molecule has 0 amide bonds. The van der Waals surface area contributed by atoms with Gasteiger partial charge in [0.1, 0.15) is 0 Å². The maximum Gasteiger partial charge on any atom is 0.0343 e. The highest BCUT2D eigenvalue weighted by molar-refractivity contribution is 5.73. The second-order valence-corrected chi connectivity index (χ2v) is 4.11. The van der Waals surface area contributed by atoms with Gasteiger partial charge in [-0.25, -0.2) is 0 Å². The van der Waals surface area contributed by atoms with Crippen LogP contribution in [0.3, 0.4) is 0 Å². The Kier molecular flexibility index (Phi) is 7.34. The van der Waals surface area contributed by atoms with Crippen LogP contribution < -0.4 is 0 Å². The number of rotatable bonds is 0. The number of hydrogen-bond acceptors (Lipinski definition) is 1. The standard InChI is InChI=1S/C15H13N.2C2H6/c1-2-4-13-7-8-15-11-16-10-9-14(15)6-5-12(13)3-1;2*1-2/h1-4,7-11H,5-6H2;2*1-2H3/b8-7-;;. The smallest absolute Gasteiger partial charge is 0.0343 e. The molecule has 0 radical (unpaired) electrons. The summed E-state index contributed by atoms with van der Waals surface area (Å²) in [5.41, 5.74) is 5.40. The summed E-state index contributed by atoms with van der Waals surface area (Å²) >= 11 is 0. The van der Waals surface area contributed by atoms with Gasteiger partial charge in [-0.2, -0.15) is 0 Å². The lowest BCUT2D eigenvalue weighted by Crippen LogP contribution is -1.99. The molecule has 20 heavy (non-hydrogen) atoms. The number of aryl methyl sites for hydroxylation is 2. The van der Waals surface area contributed by atoms with Crippen LogP contribution in [0, 0.1) is 0 Å². The molecule has 0 saturated carbocycles. The third-order valence-electron chi connectivity index (χ3n) is 3.11. The van der Waals surface area contributed by atoms with E-state index in [1.54, 1.807) is 0 Å². The Hall–Kier alpha value is -1.89. The fraction of sp³-hybridized carbons (Fsp3) is 0.316. The molecular formula is C19H25N. The normalized spacial score (nSPS) is 13.0. The highest BCUT2D eigenvalue weighted by atomic mass is 14.6. The minimum atomic E-state index is 1.10. The first kappa shape index (κ1) is 16.2. The van der Waals surface area contributed by atoms with Crippen molar-refractivity contribution in [2.75, 3.05) is 0 Å². The Morgan fingerprint density at radius 3 is 2.10 bits per heavy atom. The van der Waals surface area contributed by atoms with Crippen molar-refractivity contribution in [2.45, 2.75) is 40.5 Å². The van der Waals surface area contributed by atoms with E-state index in [0.717, 1.165) is 12.8 Å². The first-order chi connectivity index (χ1) is 9.93. The van der Waals surface area contributed by atoms with Crippen molar-refractivity contribution in [3.05, 3.63) is 65.0 Å². The summed E-state index contributed by atoms with van der Waals surface area (Å²) in [6, 6.07) is 10.7. The van der Waals surface area contributed by atoms with E-state index in [1.807, 2.05) is 40.1 Å². The molecule has 1 heterocycles. The first-order valence-electron chi connectivity index (χ1n) is 7.62. The zero-order valence-electron chi connectivity index (χ0n) is 13.1. The lowest BCUT2D eigenvalue weighted by atomic mass is 9.94. The van der Waals surface area contributed by atoms with Gasteiger partial charge in [0.2, 0.25) is 0 Å². The van der Waals surface area contributed by atoms with Gasteiger partial charge in [0.25, 0.3) is 0 Å². The second-order valence-electron chi connectivity index (χ2n) is 4.11. The van der Waals surface area contributed by atoms with E-state index in [0.29, 0.717) is 0 Å². The molecule has 1 aromatic carbocycles. The predicted molar refractivity (Wildman–Crippen MR) is 89.7 cm³/mol. The van der Waals surface area contributed by atoms with Gasteiger partial charge in [-0.3, -0.25) is 4.98 Å². The van der Waals surface area contributed by atoms with Gasteiger partial charge >= 0.3 is 0 Å². The molecule has 0 N–H and O–H groups in total. The molecule has 1 aliphatic rings. The van der Waals surface area contributed by atoms with E-state index < -0.39 is 0 Å². The fourth-order valence-corrected chi connectivity index (χ4v) is 2.19. The number of benzene rings is 1. The molecule has 0 aliphatic heterocycles. The molecule has 0 atom stereocenters. The van der Waals surface area contributed by atoms with Crippen molar-refractivity contribution < 1.29 is 0 Å². The fourth-order valence-electron chi connectivity index (χ4n) is 2.19. The average Bonchev–Trinajstić information content (AvgIpc) is 2.54. The highest BCUT2D eigenvalue weighted by Crippen LogP contribution is 2.21. The topological polar surface area (TPSA) is 12.9 Å². The summed E-state index contributed by atoms with van der Waals surface area (Å²) < 4.78 is 0. The average molecular weight is 267 g/mol. The Bertz CT molecular complexity index is 491. The molecule has 1 aromatic heterocycles. The molecule has 2 aromatic rings. The van der Waals surface area contributed by atoms with E-state index >= 15 is 0 Å². The van der Waals surface area contributed by atoms with Crippen molar-refractivity contribution in [1.29, 1.82) is 0 Å². The van der Waals surface area contributed by atoms with Crippen LogP contribution in [0.4, 0.5) is 0 Å². The van der Waals surface area contributed by atoms with Gasteiger partial charge < -0.3 is 0 Å². The molecule has 0 unspecified atom stereocenters. The summed E-state index contributed by atoms with van der Waals surface area (Å²) in [7, 11) is 0. The molecule has 1 aliphatic carbocycles. The zero-order chi connectivity index (χ0) is 14.8. The van der Waals surface area contributed by atoms with Crippen LogP contribution in [0.25, 0.3) is 12.2 Å². The Morgan fingerprint density at radius 1 is 0.750 bits per heavy atom. The minimum Gasteiger partial charge on any atom is -0.264 e. The third kappa shape index (κ3) is 4.06. The van der Waals surface area contributed by atoms with E-state index in [9.17, 15) is 0 Å². The van der Waals surface area contributed by atoms with E-state index in [1.165, 1.54) is 22.3 Å². The molecular weight excluding hydrogens is 242 g/mol. The second kappa shape index (κ2) is 9.08. The first-order valence-corrected chi connectivity index (χ1v) is 7.62. The Balaban J connectivity index is 0.000000461. The lowest BCUT2D eigenvalue weighted by molar-refractivity contribution is 0.947. The van der Waals surface area contributed by atoms with Crippen LogP contribution in [-0.4, -0.2) is 4.98 Å². The Labute approximate surface area is 123 Å². The van der Waals surface area contributed by atoms with E-state index in [2.05, 4.69) is 47.5 Å². The van der Waals surface area contributed by atoms with Gasteiger partial charge in [-0.05, 0) is 41.2 Å².